The van der Waals surface area contributed by atoms with Crippen molar-refractivity contribution in [3.8, 4) is 0 Å². The van der Waals surface area contributed by atoms with Crippen molar-refractivity contribution in [1.29, 1.82) is 0 Å². The number of nitrogens with zero attached hydrogens (tertiary/aromatic N) is 2. The van der Waals surface area contributed by atoms with Crippen LogP contribution in [-0.2, 0) is 33.3 Å². The summed E-state index contributed by atoms with van der Waals surface area (Å²) < 4.78 is 23.4. The molecule has 10 nitrogen and oxygen atoms in total. The highest BCUT2D eigenvalue weighted by Crippen LogP contribution is 2.21. The number of carbonyl (C=O) groups excluding carboxylic acids is 4. The lowest BCUT2D eigenvalue weighted by Gasteiger charge is -2.26. The first kappa shape index (κ1) is 63.6. The van der Waals surface area contributed by atoms with Crippen LogP contribution in [0.4, 0.5) is 4.79 Å². The Bertz CT molecular complexity index is 1040. The zero-order valence-corrected chi connectivity index (χ0v) is 44.6. The highest BCUT2D eigenvalue weighted by molar-refractivity contribution is 5.72. The second-order valence-corrected chi connectivity index (χ2v) is 19.6. The molecule has 0 bridgehead atoms. The summed E-state index contributed by atoms with van der Waals surface area (Å²) in [6, 6.07) is 0. The molecule has 0 heterocycles. The Balaban J connectivity index is 5.02. The van der Waals surface area contributed by atoms with Crippen LogP contribution in [0.2, 0.25) is 0 Å². The van der Waals surface area contributed by atoms with Gasteiger partial charge >= 0.3 is 24.0 Å². The van der Waals surface area contributed by atoms with Gasteiger partial charge in [0.1, 0.15) is 18.3 Å². The summed E-state index contributed by atoms with van der Waals surface area (Å²) in [5.41, 5.74) is 0. The standard InChI is InChI=1S/C56H108N2O8/c1-8-13-17-29-38-50(39-30-18-14-9-2)64-54(60)44-35-27-23-21-25-33-42-52(66-56(62)58(48-37-47-57(6)7)49-46-53(59)63-12-5)43-34-26-22-24-28-36-45-55(61)65-51(40-31-19-15-10-3)41-32-20-16-11-4/h50-52H,8-49H2,1-7H3. The third-order valence-electron chi connectivity index (χ3n) is 12.9. The molecule has 0 atom stereocenters. The molecule has 0 fully saturated rings. The van der Waals surface area contributed by atoms with Crippen LogP contribution in [0.25, 0.3) is 0 Å². The first-order valence-electron chi connectivity index (χ1n) is 28.2. The average Bonchev–Trinajstić information content (AvgIpc) is 3.29. The zero-order valence-electron chi connectivity index (χ0n) is 44.6. The van der Waals surface area contributed by atoms with Crippen molar-refractivity contribution in [2.24, 2.45) is 0 Å². The molecule has 0 aromatic heterocycles. The molecule has 0 aromatic rings. The molecule has 0 N–H and O–H groups in total. The molecule has 0 aliphatic rings. The topological polar surface area (TPSA) is 112 Å². The maximum Gasteiger partial charge on any atom is 0.410 e. The van der Waals surface area contributed by atoms with E-state index >= 15 is 0 Å². The molecule has 390 valence electrons. The number of amides is 1. The molecule has 66 heavy (non-hydrogen) atoms. The SMILES string of the molecule is CCCCCCC(CCCCCC)OC(=O)CCCCCCCCC(CCCCCCCCC(=O)OC(CCCCCC)CCCCCC)OC(=O)N(CCCN(C)C)CCC(=O)OCC. The van der Waals surface area contributed by atoms with E-state index < -0.39 is 0 Å². The third-order valence-corrected chi connectivity index (χ3v) is 12.9. The second kappa shape index (κ2) is 47.7. The third kappa shape index (κ3) is 41.8. The van der Waals surface area contributed by atoms with Gasteiger partial charge in [0.15, 0.2) is 0 Å². The van der Waals surface area contributed by atoms with Crippen molar-refractivity contribution in [2.75, 3.05) is 40.3 Å². The van der Waals surface area contributed by atoms with Crippen molar-refractivity contribution < 1.29 is 38.1 Å². The fraction of sp³-hybridized carbons (Fsp3) is 0.929. The normalized spacial score (nSPS) is 11.6. The van der Waals surface area contributed by atoms with E-state index in [0.717, 1.165) is 154 Å². The van der Waals surface area contributed by atoms with E-state index in [2.05, 4.69) is 32.6 Å². The minimum atomic E-state index is -0.338. The molecule has 0 saturated heterocycles. The Morgan fingerprint density at radius 1 is 0.348 bits per heavy atom. The molecule has 0 rings (SSSR count). The number of esters is 3. The van der Waals surface area contributed by atoms with Crippen molar-refractivity contribution >= 4 is 24.0 Å². The Hall–Kier alpha value is -2.36. The predicted molar refractivity (Wildman–Crippen MR) is 275 cm³/mol. The van der Waals surface area contributed by atoms with Gasteiger partial charge in [-0.3, -0.25) is 14.4 Å². The molecule has 0 radical (unpaired) electrons. The summed E-state index contributed by atoms with van der Waals surface area (Å²) in [5, 5.41) is 0. The summed E-state index contributed by atoms with van der Waals surface area (Å²) in [7, 11) is 4.04. The number of carbonyl (C=O) groups is 4. The van der Waals surface area contributed by atoms with Gasteiger partial charge in [0, 0.05) is 25.9 Å². The van der Waals surface area contributed by atoms with Gasteiger partial charge in [-0.1, -0.05) is 156 Å². The van der Waals surface area contributed by atoms with Gasteiger partial charge in [0.05, 0.1) is 13.0 Å². The highest BCUT2D eigenvalue weighted by Gasteiger charge is 2.22. The van der Waals surface area contributed by atoms with Crippen LogP contribution in [0, 0.1) is 0 Å². The van der Waals surface area contributed by atoms with Crippen molar-refractivity contribution in [1.82, 2.24) is 9.80 Å². The molecule has 0 aromatic carbocycles. The van der Waals surface area contributed by atoms with Gasteiger partial charge in [0.25, 0.3) is 0 Å². The Kier molecular flexibility index (Phi) is 46.0. The molecule has 10 heteroatoms. The van der Waals surface area contributed by atoms with Gasteiger partial charge in [-0.25, -0.2) is 4.79 Å². The lowest BCUT2D eigenvalue weighted by molar-refractivity contribution is -0.151. The summed E-state index contributed by atoms with van der Waals surface area (Å²) in [6.45, 7) is 12.7. The first-order chi connectivity index (χ1) is 32.1. The Labute approximate surface area is 407 Å². The monoisotopic (exact) mass is 937 g/mol. The number of rotatable bonds is 49. The van der Waals surface area contributed by atoms with Crippen LogP contribution >= 0.6 is 0 Å². The number of ether oxygens (including phenoxy) is 4. The molecular formula is C56H108N2O8. The van der Waals surface area contributed by atoms with Crippen molar-refractivity contribution in [3.05, 3.63) is 0 Å². The predicted octanol–water partition coefficient (Wildman–Crippen LogP) is 15.6. The van der Waals surface area contributed by atoms with Gasteiger partial charge < -0.3 is 28.7 Å². The zero-order chi connectivity index (χ0) is 48.7. The molecule has 1 amide bonds. The minimum Gasteiger partial charge on any atom is -0.466 e. The van der Waals surface area contributed by atoms with Crippen molar-refractivity contribution in [3.63, 3.8) is 0 Å². The summed E-state index contributed by atoms with van der Waals surface area (Å²) >= 11 is 0. The van der Waals surface area contributed by atoms with Crippen LogP contribution in [0.5, 0.6) is 0 Å². The van der Waals surface area contributed by atoms with Crippen LogP contribution in [0.15, 0.2) is 0 Å². The lowest BCUT2D eigenvalue weighted by atomic mass is 10.0. The summed E-state index contributed by atoms with van der Waals surface area (Å²) in [4.78, 5) is 55.2. The number of hydrogen-bond donors (Lipinski definition) is 0. The van der Waals surface area contributed by atoms with E-state index in [4.69, 9.17) is 18.9 Å². The van der Waals surface area contributed by atoms with E-state index in [1.54, 1.807) is 11.8 Å². The minimum absolute atomic E-state index is 0.0290. The largest absolute Gasteiger partial charge is 0.466 e. The van der Waals surface area contributed by atoms with Gasteiger partial charge in [-0.15, -0.1) is 0 Å². The molecule has 0 saturated carbocycles. The second-order valence-electron chi connectivity index (χ2n) is 19.6. The molecular weight excluding hydrogens is 829 g/mol. The Morgan fingerprint density at radius 2 is 0.682 bits per heavy atom. The van der Waals surface area contributed by atoms with E-state index in [0.29, 0.717) is 26.0 Å². The molecule has 0 unspecified atom stereocenters. The van der Waals surface area contributed by atoms with Crippen LogP contribution < -0.4 is 0 Å². The van der Waals surface area contributed by atoms with Crippen molar-refractivity contribution in [2.45, 2.75) is 297 Å². The summed E-state index contributed by atoms with van der Waals surface area (Å²) in [5.74, 6) is -0.356. The van der Waals surface area contributed by atoms with E-state index in [1.165, 1.54) is 77.0 Å². The average molecular weight is 937 g/mol. The van der Waals surface area contributed by atoms with Crippen LogP contribution in [0.3, 0.4) is 0 Å². The van der Waals surface area contributed by atoms with E-state index in [9.17, 15) is 19.2 Å². The molecule has 0 spiro atoms. The smallest absolute Gasteiger partial charge is 0.410 e. The van der Waals surface area contributed by atoms with Gasteiger partial charge in [-0.05, 0) is 124 Å². The molecule has 0 aliphatic carbocycles. The lowest BCUT2D eigenvalue weighted by Crippen LogP contribution is -2.37. The van der Waals surface area contributed by atoms with Crippen LogP contribution in [-0.4, -0.2) is 92.4 Å². The quantitative estimate of drug-likeness (QED) is 0.0334. The highest BCUT2D eigenvalue weighted by atomic mass is 16.6. The fourth-order valence-corrected chi connectivity index (χ4v) is 8.72. The Morgan fingerprint density at radius 3 is 1.03 bits per heavy atom. The summed E-state index contributed by atoms with van der Waals surface area (Å²) in [6.07, 6.45) is 38.7. The maximum absolute atomic E-state index is 13.6. The maximum atomic E-state index is 13.6. The molecule has 0 aliphatic heterocycles. The van der Waals surface area contributed by atoms with E-state index in [1.807, 2.05) is 14.1 Å². The number of unbranched alkanes of at least 4 members (excludes halogenated alkanes) is 22. The van der Waals surface area contributed by atoms with Gasteiger partial charge in [-0.2, -0.15) is 0 Å². The fourth-order valence-electron chi connectivity index (χ4n) is 8.72. The van der Waals surface area contributed by atoms with Crippen LogP contribution in [0.1, 0.15) is 279 Å². The van der Waals surface area contributed by atoms with E-state index in [-0.39, 0.29) is 55.3 Å². The van der Waals surface area contributed by atoms with Gasteiger partial charge in [0.2, 0.25) is 0 Å². The first-order valence-corrected chi connectivity index (χ1v) is 28.2. The number of hydrogen-bond acceptors (Lipinski definition) is 9.